The van der Waals surface area contributed by atoms with Gasteiger partial charge in [0.05, 0.1) is 17.4 Å². The Morgan fingerprint density at radius 2 is 2.35 bits per heavy atom. The molecule has 0 fully saturated rings. The second-order valence-corrected chi connectivity index (χ2v) is 4.46. The van der Waals surface area contributed by atoms with E-state index in [-0.39, 0.29) is 0 Å². The molecule has 1 aliphatic carbocycles. The lowest BCUT2D eigenvalue weighted by molar-refractivity contribution is 0.628. The number of aromatic nitrogens is 2. The summed E-state index contributed by atoms with van der Waals surface area (Å²) in [5.41, 5.74) is 2.04. The van der Waals surface area contributed by atoms with Crippen LogP contribution in [-0.4, -0.2) is 16.4 Å². The van der Waals surface area contributed by atoms with Crippen molar-refractivity contribution in [1.82, 2.24) is 10.2 Å². The SMILES string of the molecule is C1=CCC(C=Nc2ccc3cn[nH]c3c2)CC1. The Kier molecular flexibility index (Phi) is 2.74. The number of aromatic amines is 1. The third kappa shape index (κ3) is 2.28. The fourth-order valence-corrected chi connectivity index (χ4v) is 2.15. The van der Waals surface area contributed by atoms with E-state index in [1.807, 2.05) is 24.4 Å². The number of allylic oxidation sites excluding steroid dienone is 2. The van der Waals surface area contributed by atoms with Gasteiger partial charge in [-0.1, -0.05) is 12.2 Å². The fraction of sp³-hybridized carbons (Fsp3) is 0.286. The zero-order chi connectivity index (χ0) is 11.5. The van der Waals surface area contributed by atoms with Crippen molar-refractivity contribution in [3.8, 4) is 0 Å². The molecule has 1 aromatic heterocycles. The Bertz CT molecular complexity index is 566. The van der Waals surface area contributed by atoms with Gasteiger partial charge in [0.2, 0.25) is 0 Å². The van der Waals surface area contributed by atoms with Crippen molar-refractivity contribution in [2.75, 3.05) is 0 Å². The number of nitrogens with zero attached hydrogens (tertiary/aromatic N) is 2. The maximum Gasteiger partial charge on any atom is 0.0671 e. The molecule has 86 valence electrons. The van der Waals surface area contributed by atoms with E-state index in [1.54, 1.807) is 0 Å². The average molecular weight is 225 g/mol. The molecule has 1 N–H and O–H groups in total. The summed E-state index contributed by atoms with van der Waals surface area (Å²) in [6.07, 6.45) is 11.9. The van der Waals surface area contributed by atoms with E-state index in [9.17, 15) is 0 Å². The van der Waals surface area contributed by atoms with E-state index < -0.39 is 0 Å². The number of H-pyrrole nitrogens is 1. The first kappa shape index (κ1) is 10.3. The molecule has 0 amide bonds. The highest BCUT2D eigenvalue weighted by atomic mass is 15.1. The molecule has 1 aliphatic rings. The molecule has 3 nitrogen and oxygen atoms in total. The molecule has 1 aromatic carbocycles. The molecular formula is C14H15N3. The highest BCUT2D eigenvalue weighted by Gasteiger charge is 2.06. The summed E-state index contributed by atoms with van der Waals surface area (Å²) in [6, 6.07) is 6.12. The lowest BCUT2D eigenvalue weighted by Gasteiger charge is -2.11. The van der Waals surface area contributed by atoms with Gasteiger partial charge in [0.15, 0.2) is 0 Å². The van der Waals surface area contributed by atoms with E-state index in [1.165, 1.54) is 12.8 Å². The average Bonchev–Trinajstić information content (AvgIpc) is 2.85. The largest absolute Gasteiger partial charge is 0.278 e. The van der Waals surface area contributed by atoms with Gasteiger partial charge in [0.1, 0.15) is 0 Å². The normalized spacial score (nSPS) is 20.4. The van der Waals surface area contributed by atoms with Gasteiger partial charge in [0.25, 0.3) is 0 Å². The minimum atomic E-state index is 0.595. The van der Waals surface area contributed by atoms with Crippen LogP contribution in [0.1, 0.15) is 19.3 Å². The molecule has 1 unspecified atom stereocenters. The zero-order valence-corrected chi connectivity index (χ0v) is 9.63. The van der Waals surface area contributed by atoms with E-state index in [4.69, 9.17) is 0 Å². The summed E-state index contributed by atoms with van der Waals surface area (Å²) in [7, 11) is 0. The van der Waals surface area contributed by atoms with Crippen molar-refractivity contribution in [3.05, 3.63) is 36.5 Å². The van der Waals surface area contributed by atoms with Gasteiger partial charge in [-0.3, -0.25) is 10.1 Å². The van der Waals surface area contributed by atoms with Gasteiger partial charge in [-0.15, -0.1) is 0 Å². The second kappa shape index (κ2) is 4.53. The van der Waals surface area contributed by atoms with Crippen LogP contribution in [0, 0.1) is 5.92 Å². The van der Waals surface area contributed by atoms with Gasteiger partial charge in [0, 0.05) is 11.6 Å². The van der Waals surface area contributed by atoms with Crippen LogP contribution in [0.15, 0.2) is 41.5 Å². The standard InChI is InChI=1S/C14H15N3/c1-2-4-11(5-3-1)9-15-13-7-6-12-10-16-17-14(12)8-13/h1-2,6-11H,3-5H2,(H,16,17). The van der Waals surface area contributed by atoms with Crippen LogP contribution in [0.5, 0.6) is 0 Å². The summed E-state index contributed by atoms with van der Waals surface area (Å²) >= 11 is 0. The highest BCUT2D eigenvalue weighted by Crippen LogP contribution is 2.21. The number of fused-ring (bicyclic) bond motifs is 1. The fourth-order valence-electron chi connectivity index (χ4n) is 2.15. The summed E-state index contributed by atoms with van der Waals surface area (Å²) in [5.74, 6) is 0.595. The molecule has 0 radical (unpaired) electrons. The molecule has 17 heavy (non-hydrogen) atoms. The highest BCUT2D eigenvalue weighted by molar-refractivity contribution is 5.82. The Labute approximate surface area is 100 Å². The monoisotopic (exact) mass is 225 g/mol. The Hall–Kier alpha value is -1.90. The first-order valence-electron chi connectivity index (χ1n) is 6.04. The first-order valence-corrected chi connectivity index (χ1v) is 6.04. The summed E-state index contributed by atoms with van der Waals surface area (Å²) in [4.78, 5) is 4.55. The van der Waals surface area contributed by atoms with Crippen molar-refractivity contribution in [2.24, 2.45) is 10.9 Å². The van der Waals surface area contributed by atoms with Gasteiger partial charge in [-0.05, 0) is 43.4 Å². The number of nitrogens with one attached hydrogen (secondary N) is 1. The van der Waals surface area contributed by atoms with Crippen molar-refractivity contribution in [3.63, 3.8) is 0 Å². The van der Waals surface area contributed by atoms with Crippen LogP contribution in [0.2, 0.25) is 0 Å². The molecule has 2 aromatic rings. The summed E-state index contributed by atoms with van der Waals surface area (Å²) in [5, 5.41) is 8.10. The minimum Gasteiger partial charge on any atom is -0.278 e. The van der Waals surface area contributed by atoms with E-state index in [2.05, 4.69) is 33.6 Å². The molecular weight excluding hydrogens is 210 g/mol. The number of aliphatic imine (C=N–C) groups is 1. The van der Waals surface area contributed by atoms with Gasteiger partial charge in [-0.25, -0.2) is 0 Å². The maximum atomic E-state index is 4.55. The molecule has 1 atom stereocenters. The number of hydrogen-bond acceptors (Lipinski definition) is 2. The third-order valence-electron chi connectivity index (χ3n) is 3.17. The predicted molar refractivity (Wildman–Crippen MR) is 70.7 cm³/mol. The van der Waals surface area contributed by atoms with Crippen molar-refractivity contribution in [1.29, 1.82) is 0 Å². The zero-order valence-electron chi connectivity index (χ0n) is 9.63. The summed E-state index contributed by atoms with van der Waals surface area (Å²) < 4.78 is 0. The maximum absolute atomic E-state index is 4.55. The first-order chi connectivity index (χ1) is 8.42. The molecule has 0 bridgehead atoms. The number of rotatable bonds is 2. The Balaban J connectivity index is 1.79. The van der Waals surface area contributed by atoms with Crippen LogP contribution >= 0.6 is 0 Å². The molecule has 3 rings (SSSR count). The predicted octanol–water partition coefficient (Wildman–Crippen LogP) is 3.62. The van der Waals surface area contributed by atoms with E-state index >= 15 is 0 Å². The van der Waals surface area contributed by atoms with Crippen molar-refractivity contribution < 1.29 is 0 Å². The van der Waals surface area contributed by atoms with Crippen LogP contribution < -0.4 is 0 Å². The van der Waals surface area contributed by atoms with Gasteiger partial charge in [-0.2, -0.15) is 5.10 Å². The third-order valence-corrected chi connectivity index (χ3v) is 3.17. The summed E-state index contributed by atoms with van der Waals surface area (Å²) in [6.45, 7) is 0. The van der Waals surface area contributed by atoms with Crippen LogP contribution in [0.4, 0.5) is 5.69 Å². The number of benzene rings is 1. The van der Waals surface area contributed by atoms with Crippen LogP contribution in [0.3, 0.4) is 0 Å². The Morgan fingerprint density at radius 1 is 1.35 bits per heavy atom. The topological polar surface area (TPSA) is 41.0 Å². The van der Waals surface area contributed by atoms with Crippen molar-refractivity contribution in [2.45, 2.75) is 19.3 Å². The smallest absolute Gasteiger partial charge is 0.0671 e. The molecule has 3 heteroatoms. The molecule has 0 saturated carbocycles. The van der Waals surface area contributed by atoms with Crippen LogP contribution in [-0.2, 0) is 0 Å². The lowest BCUT2D eigenvalue weighted by Crippen LogP contribution is -2.02. The van der Waals surface area contributed by atoms with Crippen molar-refractivity contribution >= 4 is 22.8 Å². The molecule has 0 saturated heterocycles. The minimum absolute atomic E-state index is 0.595. The Morgan fingerprint density at radius 3 is 3.24 bits per heavy atom. The number of hydrogen-bond donors (Lipinski definition) is 1. The van der Waals surface area contributed by atoms with Crippen LogP contribution in [0.25, 0.3) is 10.9 Å². The van der Waals surface area contributed by atoms with Gasteiger partial charge >= 0.3 is 0 Å². The molecule has 0 aliphatic heterocycles. The quantitative estimate of drug-likeness (QED) is 0.615. The van der Waals surface area contributed by atoms with Gasteiger partial charge < -0.3 is 0 Å². The lowest BCUT2D eigenvalue weighted by atomic mass is 9.96. The van der Waals surface area contributed by atoms with E-state index in [0.717, 1.165) is 23.0 Å². The van der Waals surface area contributed by atoms with E-state index in [0.29, 0.717) is 5.92 Å². The molecule has 1 heterocycles. The second-order valence-electron chi connectivity index (χ2n) is 4.46. The molecule has 0 spiro atoms.